The summed E-state index contributed by atoms with van der Waals surface area (Å²) in [5.74, 6) is -0.271. The van der Waals surface area contributed by atoms with Gasteiger partial charge in [-0.2, -0.15) is 0 Å². The van der Waals surface area contributed by atoms with E-state index in [4.69, 9.17) is 0 Å². The van der Waals surface area contributed by atoms with E-state index in [1.807, 2.05) is 13.8 Å². The van der Waals surface area contributed by atoms with E-state index in [-0.39, 0.29) is 5.82 Å². The van der Waals surface area contributed by atoms with E-state index in [2.05, 4.69) is 34.1 Å². The fraction of sp³-hybridized carbons (Fsp3) is 0.294. The lowest BCUT2D eigenvalue weighted by molar-refractivity contribution is 0.174. The highest BCUT2D eigenvalue weighted by Crippen LogP contribution is 2.19. The van der Waals surface area contributed by atoms with E-state index in [0.717, 1.165) is 10.0 Å². The zero-order valence-electron chi connectivity index (χ0n) is 11.7. The van der Waals surface area contributed by atoms with Crippen LogP contribution in [0.1, 0.15) is 22.3 Å². The first kappa shape index (κ1) is 15.2. The Bertz CT molecular complexity index is 590. The molecule has 0 aliphatic rings. The van der Waals surface area contributed by atoms with Crippen molar-refractivity contribution in [2.24, 2.45) is 0 Å². The van der Waals surface area contributed by atoms with Crippen LogP contribution in [-0.4, -0.2) is 11.2 Å². The molecule has 0 aliphatic carbocycles. The van der Waals surface area contributed by atoms with Crippen molar-refractivity contribution < 1.29 is 9.50 Å². The van der Waals surface area contributed by atoms with E-state index in [1.54, 1.807) is 12.1 Å². The molecule has 0 fully saturated rings. The van der Waals surface area contributed by atoms with Crippen molar-refractivity contribution in [1.82, 2.24) is 0 Å². The molecule has 0 radical (unpaired) electrons. The smallest absolute Gasteiger partial charge is 0.126 e. The molecule has 0 aromatic heterocycles. The van der Waals surface area contributed by atoms with Gasteiger partial charge in [0.05, 0.1) is 6.10 Å². The van der Waals surface area contributed by atoms with Crippen molar-refractivity contribution in [2.45, 2.75) is 32.8 Å². The lowest BCUT2D eigenvalue weighted by Crippen LogP contribution is -2.15. The average Bonchev–Trinajstić information content (AvgIpc) is 2.32. The van der Waals surface area contributed by atoms with Gasteiger partial charge < -0.3 is 5.11 Å². The monoisotopic (exact) mass is 336 g/mol. The summed E-state index contributed by atoms with van der Waals surface area (Å²) in [5.41, 5.74) is 3.99. The van der Waals surface area contributed by atoms with Crippen molar-refractivity contribution in [3.8, 4) is 0 Å². The Labute approximate surface area is 127 Å². The summed E-state index contributed by atoms with van der Waals surface area (Å²) in [5, 5.41) is 10.2. The van der Waals surface area contributed by atoms with Gasteiger partial charge in [-0.3, -0.25) is 0 Å². The standard InChI is InChI=1S/C17H18BrFO/c1-11-5-12(2)7-13(6-11)8-16(20)10-14-9-15(18)3-4-17(14)19/h3-7,9,16,20H,8,10H2,1-2H3. The van der Waals surface area contributed by atoms with Crippen molar-refractivity contribution >= 4 is 15.9 Å². The molecule has 0 spiro atoms. The summed E-state index contributed by atoms with van der Waals surface area (Å²) in [6.45, 7) is 4.08. The number of halogens is 2. The molecule has 0 aliphatic heterocycles. The summed E-state index contributed by atoms with van der Waals surface area (Å²) < 4.78 is 14.5. The minimum atomic E-state index is -0.583. The molecule has 2 aromatic carbocycles. The molecule has 0 heterocycles. The molecule has 1 nitrogen and oxygen atoms in total. The van der Waals surface area contributed by atoms with Crippen LogP contribution >= 0.6 is 15.9 Å². The quantitative estimate of drug-likeness (QED) is 0.879. The number of benzene rings is 2. The Morgan fingerprint density at radius 1 is 1.05 bits per heavy atom. The van der Waals surface area contributed by atoms with Gasteiger partial charge in [0.2, 0.25) is 0 Å². The largest absolute Gasteiger partial charge is 0.392 e. The van der Waals surface area contributed by atoms with Crippen molar-refractivity contribution in [1.29, 1.82) is 0 Å². The molecule has 106 valence electrons. The molecule has 1 atom stereocenters. The van der Waals surface area contributed by atoms with Crippen LogP contribution in [0.4, 0.5) is 4.39 Å². The second-order valence-corrected chi connectivity index (χ2v) is 6.21. The lowest BCUT2D eigenvalue weighted by atomic mass is 9.98. The first-order valence-electron chi connectivity index (χ1n) is 6.63. The fourth-order valence-electron chi connectivity index (χ4n) is 2.48. The Morgan fingerprint density at radius 3 is 2.35 bits per heavy atom. The summed E-state index contributed by atoms with van der Waals surface area (Å²) in [6, 6.07) is 11.0. The average molecular weight is 337 g/mol. The summed E-state index contributed by atoms with van der Waals surface area (Å²) in [4.78, 5) is 0. The number of hydrogen-bond acceptors (Lipinski definition) is 1. The maximum Gasteiger partial charge on any atom is 0.126 e. The minimum absolute atomic E-state index is 0.271. The topological polar surface area (TPSA) is 20.2 Å². The van der Waals surface area contributed by atoms with Gasteiger partial charge in [0, 0.05) is 10.9 Å². The van der Waals surface area contributed by atoms with Crippen molar-refractivity contribution in [3.63, 3.8) is 0 Å². The SMILES string of the molecule is Cc1cc(C)cc(CC(O)Cc2cc(Br)ccc2F)c1. The molecule has 1 unspecified atom stereocenters. The highest BCUT2D eigenvalue weighted by atomic mass is 79.9. The zero-order valence-corrected chi connectivity index (χ0v) is 13.2. The molecule has 0 amide bonds. The van der Waals surface area contributed by atoms with Gasteiger partial charge >= 0.3 is 0 Å². The predicted molar refractivity (Wildman–Crippen MR) is 83.4 cm³/mol. The molecule has 3 heteroatoms. The number of aryl methyl sites for hydroxylation is 2. The normalized spacial score (nSPS) is 12.4. The van der Waals surface area contributed by atoms with Gasteiger partial charge in [-0.1, -0.05) is 45.3 Å². The number of aliphatic hydroxyl groups excluding tert-OH is 1. The Kier molecular flexibility index (Phi) is 4.95. The fourth-order valence-corrected chi connectivity index (χ4v) is 2.89. The predicted octanol–water partition coefficient (Wildman–Crippen LogP) is 4.35. The molecule has 1 N–H and O–H groups in total. The van der Waals surface area contributed by atoms with Crippen LogP contribution in [0, 0.1) is 19.7 Å². The van der Waals surface area contributed by atoms with E-state index in [1.165, 1.54) is 17.2 Å². The third-order valence-corrected chi connectivity index (χ3v) is 3.71. The molecule has 0 bridgehead atoms. The molecular formula is C17H18BrFO. The second kappa shape index (κ2) is 6.51. The lowest BCUT2D eigenvalue weighted by Gasteiger charge is -2.13. The number of hydrogen-bond donors (Lipinski definition) is 1. The summed E-state index contributed by atoms with van der Waals surface area (Å²) in [7, 11) is 0. The van der Waals surface area contributed by atoms with E-state index in [9.17, 15) is 9.50 Å². The first-order valence-corrected chi connectivity index (χ1v) is 7.42. The Balaban J connectivity index is 2.08. The molecule has 2 aromatic rings. The van der Waals surface area contributed by atoms with Crippen LogP contribution in [0.25, 0.3) is 0 Å². The Hall–Kier alpha value is -1.19. The second-order valence-electron chi connectivity index (χ2n) is 5.29. The molecule has 2 rings (SSSR count). The third kappa shape index (κ3) is 4.15. The minimum Gasteiger partial charge on any atom is -0.392 e. The molecule has 20 heavy (non-hydrogen) atoms. The van der Waals surface area contributed by atoms with E-state index < -0.39 is 6.10 Å². The maximum absolute atomic E-state index is 13.7. The van der Waals surface area contributed by atoms with Gasteiger partial charge in [0.1, 0.15) is 5.82 Å². The molecule has 0 saturated carbocycles. The highest BCUT2D eigenvalue weighted by molar-refractivity contribution is 9.10. The summed E-state index contributed by atoms with van der Waals surface area (Å²) in [6.07, 6.45) is 0.271. The Morgan fingerprint density at radius 2 is 1.70 bits per heavy atom. The van der Waals surface area contributed by atoms with Crippen molar-refractivity contribution in [2.75, 3.05) is 0 Å². The van der Waals surface area contributed by atoms with E-state index in [0.29, 0.717) is 18.4 Å². The van der Waals surface area contributed by atoms with Crippen LogP contribution in [0.2, 0.25) is 0 Å². The van der Waals surface area contributed by atoms with Crippen LogP contribution in [0.3, 0.4) is 0 Å². The van der Waals surface area contributed by atoms with Crippen LogP contribution in [-0.2, 0) is 12.8 Å². The van der Waals surface area contributed by atoms with E-state index >= 15 is 0 Å². The molecular weight excluding hydrogens is 319 g/mol. The zero-order chi connectivity index (χ0) is 14.7. The number of rotatable bonds is 4. The first-order chi connectivity index (χ1) is 9.44. The molecule has 0 saturated heterocycles. The van der Waals surface area contributed by atoms with Crippen LogP contribution < -0.4 is 0 Å². The van der Waals surface area contributed by atoms with Crippen LogP contribution in [0.15, 0.2) is 40.9 Å². The number of aliphatic hydroxyl groups is 1. The summed E-state index contributed by atoms with van der Waals surface area (Å²) >= 11 is 3.32. The van der Waals surface area contributed by atoms with Gasteiger partial charge in [0.25, 0.3) is 0 Å². The van der Waals surface area contributed by atoms with Gasteiger partial charge in [-0.25, -0.2) is 4.39 Å². The van der Waals surface area contributed by atoms with Crippen molar-refractivity contribution in [3.05, 3.63) is 68.9 Å². The third-order valence-electron chi connectivity index (χ3n) is 3.22. The van der Waals surface area contributed by atoms with Gasteiger partial charge in [0.15, 0.2) is 0 Å². The maximum atomic E-state index is 13.7. The van der Waals surface area contributed by atoms with Gasteiger partial charge in [-0.15, -0.1) is 0 Å². The highest BCUT2D eigenvalue weighted by Gasteiger charge is 2.11. The van der Waals surface area contributed by atoms with Crippen LogP contribution in [0.5, 0.6) is 0 Å². The van der Waals surface area contributed by atoms with Gasteiger partial charge in [-0.05, 0) is 49.6 Å².